The van der Waals surface area contributed by atoms with Crippen LogP contribution in [0.5, 0.6) is 0 Å². The summed E-state index contributed by atoms with van der Waals surface area (Å²) in [6, 6.07) is 8.94. The summed E-state index contributed by atoms with van der Waals surface area (Å²) in [7, 11) is 1.40. The SMILES string of the molecule is Cc1[nH]c(=O)n(C)c(=O)c1Cc1nnc(SCC(=O)c2ccccc2)o1. The zero-order valence-electron chi connectivity index (χ0n) is 14.2. The Morgan fingerprint density at radius 1 is 1.23 bits per heavy atom. The Morgan fingerprint density at radius 3 is 2.69 bits per heavy atom. The van der Waals surface area contributed by atoms with E-state index in [1.807, 2.05) is 6.07 Å². The van der Waals surface area contributed by atoms with E-state index in [1.54, 1.807) is 31.2 Å². The van der Waals surface area contributed by atoms with Crippen LogP contribution >= 0.6 is 11.8 Å². The maximum Gasteiger partial charge on any atom is 0.328 e. The minimum atomic E-state index is -0.475. The van der Waals surface area contributed by atoms with Gasteiger partial charge in [-0.2, -0.15) is 0 Å². The zero-order valence-corrected chi connectivity index (χ0v) is 15.0. The predicted octanol–water partition coefficient (Wildman–Crippen LogP) is 1.33. The van der Waals surface area contributed by atoms with Crippen LogP contribution in [0.3, 0.4) is 0 Å². The molecule has 9 heteroatoms. The van der Waals surface area contributed by atoms with E-state index in [4.69, 9.17) is 4.42 Å². The van der Waals surface area contributed by atoms with Gasteiger partial charge in [-0.3, -0.25) is 14.2 Å². The third-order valence-corrected chi connectivity index (χ3v) is 4.63. The summed E-state index contributed by atoms with van der Waals surface area (Å²) in [6.07, 6.45) is 0.107. The number of aryl methyl sites for hydroxylation is 1. The van der Waals surface area contributed by atoms with Crippen molar-refractivity contribution in [3.8, 4) is 0 Å². The van der Waals surface area contributed by atoms with Gasteiger partial charge in [-0.1, -0.05) is 42.1 Å². The summed E-state index contributed by atoms with van der Waals surface area (Å²) in [4.78, 5) is 38.4. The minimum absolute atomic E-state index is 0.0410. The molecule has 0 atom stereocenters. The van der Waals surface area contributed by atoms with Crippen LogP contribution in [0.15, 0.2) is 49.6 Å². The average Bonchev–Trinajstić information content (AvgIpc) is 3.10. The molecule has 3 rings (SSSR count). The number of Topliss-reactive ketones (excluding diaryl/α,β-unsaturated/α-hetero) is 1. The van der Waals surface area contributed by atoms with E-state index in [1.165, 1.54) is 7.05 Å². The van der Waals surface area contributed by atoms with Gasteiger partial charge in [0.25, 0.3) is 10.8 Å². The third kappa shape index (κ3) is 3.83. The van der Waals surface area contributed by atoms with Gasteiger partial charge in [-0.05, 0) is 6.92 Å². The molecule has 2 heterocycles. The fraction of sp³-hybridized carbons (Fsp3) is 0.235. The molecule has 0 saturated carbocycles. The molecule has 3 aromatic rings. The molecule has 0 aliphatic heterocycles. The molecule has 0 fully saturated rings. The van der Waals surface area contributed by atoms with Gasteiger partial charge in [-0.15, -0.1) is 10.2 Å². The second-order valence-electron chi connectivity index (χ2n) is 5.61. The summed E-state index contributed by atoms with van der Waals surface area (Å²) in [5.74, 6) is 0.373. The molecule has 0 saturated heterocycles. The number of carbonyl (C=O) groups excluding carboxylic acids is 1. The minimum Gasteiger partial charge on any atom is -0.416 e. The highest BCUT2D eigenvalue weighted by atomic mass is 32.2. The topological polar surface area (TPSA) is 111 Å². The molecule has 0 aliphatic rings. The Kier molecular flexibility index (Phi) is 5.17. The largest absolute Gasteiger partial charge is 0.416 e. The molecular formula is C17H16N4O4S. The normalized spacial score (nSPS) is 10.8. The summed E-state index contributed by atoms with van der Waals surface area (Å²) in [5.41, 5.74) is 0.583. The Balaban J connectivity index is 1.69. The van der Waals surface area contributed by atoms with Crippen molar-refractivity contribution in [1.29, 1.82) is 0 Å². The van der Waals surface area contributed by atoms with Crippen molar-refractivity contribution in [1.82, 2.24) is 19.7 Å². The second-order valence-corrected chi connectivity index (χ2v) is 6.54. The summed E-state index contributed by atoms with van der Waals surface area (Å²) in [5, 5.41) is 8.05. The fourth-order valence-corrected chi connectivity index (χ4v) is 3.01. The number of nitrogens with zero attached hydrogens (tertiary/aromatic N) is 3. The maximum atomic E-state index is 12.2. The number of H-pyrrole nitrogens is 1. The van der Waals surface area contributed by atoms with Crippen LogP contribution in [0.4, 0.5) is 0 Å². The van der Waals surface area contributed by atoms with Gasteiger partial charge < -0.3 is 9.40 Å². The Hall–Kier alpha value is -2.94. The van der Waals surface area contributed by atoms with Crippen molar-refractivity contribution in [2.45, 2.75) is 18.6 Å². The van der Waals surface area contributed by atoms with E-state index in [0.717, 1.165) is 16.3 Å². The molecular weight excluding hydrogens is 356 g/mol. The standard InChI is InChI=1S/C17H16N4O4S/c1-10-12(15(23)21(2)16(24)18-10)8-14-19-20-17(25-14)26-9-13(22)11-6-4-3-5-7-11/h3-7H,8-9H2,1-2H3,(H,18,24). The smallest absolute Gasteiger partial charge is 0.328 e. The third-order valence-electron chi connectivity index (χ3n) is 3.81. The lowest BCUT2D eigenvalue weighted by molar-refractivity contribution is 0.102. The van der Waals surface area contributed by atoms with Gasteiger partial charge in [-0.25, -0.2) is 4.79 Å². The van der Waals surface area contributed by atoms with Crippen LogP contribution < -0.4 is 11.2 Å². The highest BCUT2D eigenvalue weighted by Gasteiger charge is 2.15. The number of rotatable bonds is 6. The van der Waals surface area contributed by atoms with Crippen LogP contribution in [-0.2, 0) is 13.5 Å². The molecule has 2 aromatic heterocycles. The summed E-state index contributed by atoms with van der Waals surface area (Å²) < 4.78 is 6.50. The highest BCUT2D eigenvalue weighted by Crippen LogP contribution is 2.19. The van der Waals surface area contributed by atoms with E-state index in [9.17, 15) is 14.4 Å². The van der Waals surface area contributed by atoms with Gasteiger partial charge in [0, 0.05) is 23.9 Å². The first-order valence-electron chi connectivity index (χ1n) is 7.78. The van der Waals surface area contributed by atoms with Crippen LogP contribution in [0.2, 0.25) is 0 Å². The summed E-state index contributed by atoms with van der Waals surface area (Å²) in [6.45, 7) is 1.64. The number of aromatic amines is 1. The van der Waals surface area contributed by atoms with Crippen molar-refractivity contribution in [3.05, 3.63) is 73.9 Å². The van der Waals surface area contributed by atoms with Gasteiger partial charge >= 0.3 is 5.69 Å². The van der Waals surface area contributed by atoms with Crippen LogP contribution in [0, 0.1) is 6.92 Å². The monoisotopic (exact) mass is 372 g/mol. The van der Waals surface area contributed by atoms with E-state index >= 15 is 0 Å². The van der Waals surface area contributed by atoms with Crippen molar-refractivity contribution in [2.75, 3.05) is 5.75 Å². The lowest BCUT2D eigenvalue weighted by atomic mass is 10.2. The van der Waals surface area contributed by atoms with Crippen molar-refractivity contribution < 1.29 is 9.21 Å². The number of benzene rings is 1. The molecule has 0 aliphatic carbocycles. The maximum absolute atomic E-state index is 12.2. The van der Waals surface area contributed by atoms with Gasteiger partial charge in [0.1, 0.15) is 0 Å². The molecule has 0 spiro atoms. The van der Waals surface area contributed by atoms with Gasteiger partial charge in [0.05, 0.1) is 12.2 Å². The first-order chi connectivity index (χ1) is 12.5. The molecule has 0 unspecified atom stereocenters. The molecule has 1 aromatic carbocycles. The van der Waals surface area contributed by atoms with E-state index in [0.29, 0.717) is 16.8 Å². The van der Waals surface area contributed by atoms with E-state index in [-0.39, 0.29) is 29.1 Å². The molecule has 0 radical (unpaired) electrons. The van der Waals surface area contributed by atoms with Crippen LogP contribution in [-0.4, -0.2) is 31.3 Å². The first-order valence-corrected chi connectivity index (χ1v) is 8.76. The lowest BCUT2D eigenvalue weighted by Crippen LogP contribution is -2.36. The summed E-state index contributed by atoms with van der Waals surface area (Å²) >= 11 is 1.14. The van der Waals surface area contributed by atoms with Gasteiger partial charge in [0.2, 0.25) is 5.89 Å². The van der Waals surface area contributed by atoms with Crippen LogP contribution in [0.1, 0.15) is 27.5 Å². The number of thioether (sulfide) groups is 1. The molecule has 0 bridgehead atoms. The fourth-order valence-electron chi connectivity index (χ4n) is 2.34. The van der Waals surface area contributed by atoms with Crippen molar-refractivity contribution in [3.63, 3.8) is 0 Å². The van der Waals surface area contributed by atoms with Crippen LogP contribution in [0.25, 0.3) is 0 Å². The number of carbonyl (C=O) groups is 1. The Bertz CT molecular complexity index is 1050. The second kappa shape index (κ2) is 7.52. The molecule has 0 amide bonds. The zero-order chi connectivity index (χ0) is 18.7. The average molecular weight is 372 g/mol. The first kappa shape index (κ1) is 17.9. The molecule has 1 N–H and O–H groups in total. The Labute approximate surface area is 152 Å². The molecule has 134 valence electrons. The number of aromatic nitrogens is 4. The van der Waals surface area contributed by atoms with Gasteiger partial charge in [0.15, 0.2) is 5.78 Å². The van der Waals surface area contributed by atoms with E-state index < -0.39 is 11.2 Å². The van der Waals surface area contributed by atoms with Crippen molar-refractivity contribution in [2.24, 2.45) is 7.05 Å². The number of nitrogens with one attached hydrogen (secondary N) is 1. The molecule has 8 nitrogen and oxygen atoms in total. The van der Waals surface area contributed by atoms with E-state index in [2.05, 4.69) is 15.2 Å². The number of hydrogen-bond acceptors (Lipinski definition) is 7. The predicted molar refractivity (Wildman–Crippen MR) is 95.6 cm³/mol. The number of ketones is 1. The number of hydrogen-bond donors (Lipinski definition) is 1. The Morgan fingerprint density at radius 2 is 1.96 bits per heavy atom. The quantitative estimate of drug-likeness (QED) is 0.513. The molecule has 26 heavy (non-hydrogen) atoms. The lowest BCUT2D eigenvalue weighted by Gasteiger charge is -2.04. The van der Waals surface area contributed by atoms with Crippen molar-refractivity contribution >= 4 is 17.5 Å². The highest BCUT2D eigenvalue weighted by molar-refractivity contribution is 7.99.